The van der Waals surface area contributed by atoms with E-state index in [2.05, 4.69) is 25.2 Å². The van der Waals surface area contributed by atoms with Crippen LogP contribution < -0.4 is 10.2 Å². The molecule has 80 valence electrons. The van der Waals surface area contributed by atoms with Crippen LogP contribution in [0.3, 0.4) is 0 Å². The second kappa shape index (κ2) is 3.57. The Morgan fingerprint density at radius 3 is 2.80 bits per heavy atom. The van der Waals surface area contributed by atoms with Crippen molar-refractivity contribution in [1.82, 2.24) is 0 Å². The van der Waals surface area contributed by atoms with Crippen molar-refractivity contribution < 1.29 is 4.79 Å². The van der Waals surface area contributed by atoms with Crippen LogP contribution in [0.2, 0.25) is 0 Å². The second-order valence-electron chi connectivity index (χ2n) is 4.03. The van der Waals surface area contributed by atoms with Gasteiger partial charge < -0.3 is 10.2 Å². The molecule has 1 aromatic carbocycles. The largest absolute Gasteiger partial charge is 0.383 e. The van der Waals surface area contributed by atoms with Gasteiger partial charge in [-0.15, -0.1) is 0 Å². The number of hydrogen-bond acceptors (Lipinski definition) is 2. The smallest absolute Gasteiger partial charge is 0.228 e. The van der Waals surface area contributed by atoms with Crippen LogP contribution in [-0.4, -0.2) is 19.5 Å². The summed E-state index contributed by atoms with van der Waals surface area (Å²) >= 11 is 0. The summed E-state index contributed by atoms with van der Waals surface area (Å²) in [6.45, 7) is 4.85. The van der Waals surface area contributed by atoms with Gasteiger partial charge in [0, 0.05) is 20.0 Å². The zero-order chi connectivity index (χ0) is 11.0. The van der Waals surface area contributed by atoms with Gasteiger partial charge in [-0.05, 0) is 31.0 Å². The van der Waals surface area contributed by atoms with Gasteiger partial charge in [-0.1, -0.05) is 6.07 Å². The van der Waals surface area contributed by atoms with Gasteiger partial charge in [-0.3, -0.25) is 4.79 Å². The Balaban J connectivity index is 2.60. The average molecular weight is 204 g/mol. The van der Waals surface area contributed by atoms with Crippen LogP contribution in [0.5, 0.6) is 0 Å². The number of fused-ring (bicyclic) bond motifs is 1. The van der Waals surface area contributed by atoms with E-state index in [1.807, 2.05) is 13.1 Å². The Morgan fingerprint density at radius 2 is 2.07 bits per heavy atom. The quantitative estimate of drug-likeness (QED) is 0.701. The van der Waals surface area contributed by atoms with Gasteiger partial charge >= 0.3 is 0 Å². The molecule has 1 heterocycles. The highest BCUT2D eigenvalue weighted by Gasteiger charge is 2.20. The van der Waals surface area contributed by atoms with E-state index in [0.29, 0.717) is 6.42 Å². The zero-order valence-electron chi connectivity index (χ0n) is 9.42. The Bertz CT molecular complexity index is 412. The van der Waals surface area contributed by atoms with Crippen LogP contribution in [0.1, 0.15) is 17.5 Å². The highest BCUT2D eigenvalue weighted by Crippen LogP contribution is 2.33. The molecule has 0 saturated carbocycles. The first-order valence-electron chi connectivity index (χ1n) is 5.22. The normalized spacial score (nSPS) is 15.7. The summed E-state index contributed by atoms with van der Waals surface area (Å²) in [7, 11) is 1.85. The topological polar surface area (TPSA) is 32.3 Å². The Morgan fingerprint density at radius 1 is 1.33 bits per heavy atom. The van der Waals surface area contributed by atoms with E-state index in [0.717, 1.165) is 17.9 Å². The molecule has 0 bridgehead atoms. The van der Waals surface area contributed by atoms with Gasteiger partial charge in [0.15, 0.2) is 0 Å². The molecule has 1 aliphatic heterocycles. The Labute approximate surface area is 90.1 Å². The van der Waals surface area contributed by atoms with E-state index in [-0.39, 0.29) is 5.91 Å². The molecular formula is C12H16N2O. The fourth-order valence-electron chi connectivity index (χ4n) is 1.97. The minimum atomic E-state index is 0.176. The van der Waals surface area contributed by atoms with Crippen molar-refractivity contribution in [3.05, 3.63) is 23.3 Å². The molecule has 0 saturated heterocycles. The Kier molecular flexibility index (Phi) is 2.39. The molecule has 0 spiro atoms. The van der Waals surface area contributed by atoms with Crippen molar-refractivity contribution in [2.75, 3.05) is 23.8 Å². The highest BCUT2D eigenvalue weighted by molar-refractivity contribution is 5.99. The van der Waals surface area contributed by atoms with Crippen molar-refractivity contribution in [2.24, 2.45) is 0 Å². The molecule has 1 N–H and O–H groups in total. The molecule has 2 rings (SSSR count). The van der Waals surface area contributed by atoms with Gasteiger partial charge in [-0.2, -0.15) is 0 Å². The number of rotatable bonds is 0. The first-order chi connectivity index (χ1) is 7.11. The number of anilines is 2. The van der Waals surface area contributed by atoms with Crippen LogP contribution in [0.25, 0.3) is 0 Å². The third kappa shape index (κ3) is 1.58. The third-order valence-corrected chi connectivity index (χ3v) is 3.07. The number of nitrogens with one attached hydrogen (secondary N) is 1. The number of amides is 1. The summed E-state index contributed by atoms with van der Waals surface area (Å²) in [5.74, 6) is 0.176. The monoisotopic (exact) mass is 204 g/mol. The summed E-state index contributed by atoms with van der Waals surface area (Å²) in [5.41, 5.74) is 4.49. The average Bonchev–Trinajstić information content (AvgIpc) is 2.35. The molecule has 3 heteroatoms. The van der Waals surface area contributed by atoms with Gasteiger partial charge in [0.1, 0.15) is 0 Å². The number of carbonyl (C=O) groups is 1. The lowest BCUT2D eigenvalue weighted by Gasteiger charge is -2.20. The van der Waals surface area contributed by atoms with Crippen LogP contribution in [0, 0.1) is 13.8 Å². The number of hydrogen-bond donors (Lipinski definition) is 1. The molecular weight excluding hydrogens is 188 g/mol. The van der Waals surface area contributed by atoms with Crippen LogP contribution in [-0.2, 0) is 4.79 Å². The summed E-state index contributed by atoms with van der Waals surface area (Å²) in [6, 6.07) is 4.14. The minimum Gasteiger partial charge on any atom is -0.383 e. The van der Waals surface area contributed by atoms with Crippen molar-refractivity contribution in [3.63, 3.8) is 0 Å². The van der Waals surface area contributed by atoms with E-state index < -0.39 is 0 Å². The lowest BCUT2D eigenvalue weighted by molar-refractivity contribution is -0.118. The van der Waals surface area contributed by atoms with Crippen molar-refractivity contribution >= 4 is 17.3 Å². The first-order valence-corrected chi connectivity index (χ1v) is 5.22. The number of carbonyl (C=O) groups excluding carboxylic acids is 1. The number of benzene rings is 1. The minimum absolute atomic E-state index is 0.176. The number of aryl methyl sites for hydroxylation is 1. The van der Waals surface area contributed by atoms with Crippen molar-refractivity contribution in [1.29, 1.82) is 0 Å². The molecule has 1 amide bonds. The van der Waals surface area contributed by atoms with Gasteiger partial charge in [0.05, 0.1) is 11.4 Å². The van der Waals surface area contributed by atoms with Crippen molar-refractivity contribution in [3.8, 4) is 0 Å². The zero-order valence-corrected chi connectivity index (χ0v) is 9.42. The summed E-state index contributed by atoms with van der Waals surface area (Å²) in [5, 5.41) is 3.29. The fraction of sp³-hybridized carbons (Fsp3) is 0.417. The van der Waals surface area contributed by atoms with E-state index in [1.165, 1.54) is 11.1 Å². The van der Waals surface area contributed by atoms with Crippen LogP contribution in [0.15, 0.2) is 12.1 Å². The van der Waals surface area contributed by atoms with Gasteiger partial charge in [0.2, 0.25) is 5.91 Å². The van der Waals surface area contributed by atoms with Crippen molar-refractivity contribution in [2.45, 2.75) is 20.3 Å². The first kappa shape index (κ1) is 10.0. The molecule has 0 fully saturated rings. The lowest BCUT2D eigenvalue weighted by Crippen LogP contribution is -2.26. The molecule has 0 aliphatic carbocycles. The predicted octanol–water partition coefficient (Wildman–Crippen LogP) is 2.08. The lowest BCUT2D eigenvalue weighted by atomic mass is 10.1. The van der Waals surface area contributed by atoms with E-state index >= 15 is 0 Å². The maximum atomic E-state index is 11.7. The third-order valence-electron chi connectivity index (χ3n) is 3.07. The standard InChI is InChI=1S/C12H16N2O/c1-8-4-5-10-12(9(8)2)14(3)11(15)6-7-13-10/h4-5,13H,6-7H2,1-3H3. The highest BCUT2D eigenvalue weighted by atomic mass is 16.2. The maximum absolute atomic E-state index is 11.7. The summed E-state index contributed by atoms with van der Waals surface area (Å²) < 4.78 is 0. The molecule has 0 unspecified atom stereocenters. The Hall–Kier alpha value is -1.51. The van der Waals surface area contributed by atoms with Crippen LogP contribution in [0.4, 0.5) is 11.4 Å². The van der Waals surface area contributed by atoms with Gasteiger partial charge in [0.25, 0.3) is 0 Å². The maximum Gasteiger partial charge on any atom is 0.228 e. The molecule has 1 aliphatic rings. The molecule has 0 radical (unpaired) electrons. The molecule has 3 nitrogen and oxygen atoms in total. The number of nitrogens with zero attached hydrogens (tertiary/aromatic N) is 1. The van der Waals surface area contributed by atoms with E-state index in [1.54, 1.807) is 4.90 Å². The molecule has 15 heavy (non-hydrogen) atoms. The van der Waals surface area contributed by atoms with Crippen LogP contribution >= 0.6 is 0 Å². The predicted molar refractivity (Wildman–Crippen MR) is 62.4 cm³/mol. The SMILES string of the molecule is Cc1ccc2c(c1C)N(C)C(=O)CCN2. The molecule has 0 aromatic heterocycles. The second-order valence-corrected chi connectivity index (χ2v) is 4.03. The van der Waals surface area contributed by atoms with E-state index in [9.17, 15) is 4.79 Å². The summed E-state index contributed by atoms with van der Waals surface area (Å²) in [6.07, 6.45) is 0.559. The molecule has 0 atom stereocenters. The molecule has 1 aromatic rings. The van der Waals surface area contributed by atoms with Gasteiger partial charge in [-0.25, -0.2) is 0 Å². The summed E-state index contributed by atoms with van der Waals surface area (Å²) in [4.78, 5) is 13.5. The fourth-order valence-corrected chi connectivity index (χ4v) is 1.97. The van der Waals surface area contributed by atoms with E-state index in [4.69, 9.17) is 0 Å².